The van der Waals surface area contributed by atoms with Crippen molar-refractivity contribution in [2.75, 3.05) is 18.0 Å². The fraction of sp³-hybridized carbons (Fsp3) is 0.643. The van der Waals surface area contributed by atoms with Gasteiger partial charge in [0.25, 0.3) is 0 Å². The molecule has 1 saturated heterocycles. The van der Waals surface area contributed by atoms with Gasteiger partial charge in [-0.1, -0.05) is 27.7 Å². The molecule has 1 N–H and O–H groups in total. The van der Waals surface area contributed by atoms with E-state index in [0.717, 1.165) is 17.3 Å². The Balaban J connectivity index is 2.23. The van der Waals surface area contributed by atoms with Crippen LogP contribution in [0.1, 0.15) is 51.0 Å². The molecule has 2 rings (SSSR count). The van der Waals surface area contributed by atoms with Gasteiger partial charge in [0.2, 0.25) is 0 Å². The third-order valence-electron chi connectivity index (χ3n) is 3.41. The molecule has 0 amide bonds. The van der Waals surface area contributed by atoms with Gasteiger partial charge in [-0.25, -0.2) is 9.97 Å². The van der Waals surface area contributed by atoms with Crippen molar-refractivity contribution in [3.05, 3.63) is 17.6 Å². The van der Waals surface area contributed by atoms with E-state index < -0.39 is 5.97 Å². The minimum absolute atomic E-state index is 0.264. The zero-order valence-electron chi connectivity index (χ0n) is 11.9. The summed E-state index contributed by atoms with van der Waals surface area (Å²) in [7, 11) is 0. The Kier molecular flexibility index (Phi) is 3.73. The molecular formula is C14H21N3O2. The largest absolute Gasteiger partial charge is 0.481 e. The molecule has 2 heterocycles. The number of carboxylic acid groups (broad SMARTS) is 1. The second-order valence-electron chi connectivity index (χ2n) is 5.76. The normalized spacial score (nSPS) is 16.0. The SMILES string of the molecule is CC(C)c1cc(N2CC(C(=O)O)C2)nc(C(C)C)n1. The van der Waals surface area contributed by atoms with Crippen molar-refractivity contribution in [1.29, 1.82) is 0 Å². The van der Waals surface area contributed by atoms with Crippen molar-refractivity contribution in [2.24, 2.45) is 5.92 Å². The molecule has 0 bridgehead atoms. The number of carbonyl (C=O) groups is 1. The van der Waals surface area contributed by atoms with Crippen LogP contribution in [-0.2, 0) is 4.79 Å². The zero-order valence-corrected chi connectivity index (χ0v) is 11.9. The third kappa shape index (κ3) is 2.85. The zero-order chi connectivity index (χ0) is 14.2. The lowest BCUT2D eigenvalue weighted by Gasteiger charge is -2.38. The lowest BCUT2D eigenvalue weighted by atomic mass is 10.00. The molecule has 1 aromatic heterocycles. The Bertz CT molecular complexity index is 453. The van der Waals surface area contributed by atoms with E-state index in [4.69, 9.17) is 5.11 Å². The molecule has 0 aliphatic carbocycles. The van der Waals surface area contributed by atoms with Gasteiger partial charge in [0.15, 0.2) is 0 Å². The topological polar surface area (TPSA) is 66.3 Å². The maximum absolute atomic E-state index is 10.8. The molecule has 1 aromatic rings. The Morgan fingerprint density at radius 3 is 2.37 bits per heavy atom. The minimum Gasteiger partial charge on any atom is -0.481 e. The minimum atomic E-state index is -0.724. The second-order valence-corrected chi connectivity index (χ2v) is 5.76. The second kappa shape index (κ2) is 5.15. The van der Waals surface area contributed by atoms with Crippen LogP contribution in [-0.4, -0.2) is 34.1 Å². The molecule has 0 spiro atoms. The van der Waals surface area contributed by atoms with Crippen LogP contribution in [0.3, 0.4) is 0 Å². The van der Waals surface area contributed by atoms with Gasteiger partial charge in [0.05, 0.1) is 5.92 Å². The van der Waals surface area contributed by atoms with Crippen LogP contribution in [0.5, 0.6) is 0 Å². The number of hydrogen-bond donors (Lipinski definition) is 1. The van der Waals surface area contributed by atoms with E-state index in [1.54, 1.807) is 0 Å². The molecule has 1 aliphatic heterocycles. The summed E-state index contributed by atoms with van der Waals surface area (Å²) in [6.07, 6.45) is 0. The van der Waals surface area contributed by atoms with E-state index in [9.17, 15) is 4.79 Å². The molecule has 0 unspecified atom stereocenters. The van der Waals surface area contributed by atoms with Gasteiger partial charge in [-0.2, -0.15) is 0 Å². The number of hydrogen-bond acceptors (Lipinski definition) is 4. The van der Waals surface area contributed by atoms with Gasteiger partial charge in [-0.3, -0.25) is 4.79 Å². The number of aliphatic carboxylic acids is 1. The predicted octanol–water partition coefficient (Wildman–Crippen LogP) is 2.24. The summed E-state index contributed by atoms with van der Waals surface area (Å²) in [5.74, 6) is 1.32. The molecular weight excluding hydrogens is 242 g/mol. The third-order valence-corrected chi connectivity index (χ3v) is 3.41. The molecule has 19 heavy (non-hydrogen) atoms. The lowest BCUT2D eigenvalue weighted by molar-refractivity contribution is -0.142. The molecule has 1 aliphatic rings. The van der Waals surface area contributed by atoms with E-state index in [1.807, 2.05) is 11.0 Å². The first kappa shape index (κ1) is 13.8. The first-order valence-corrected chi connectivity index (χ1v) is 6.75. The van der Waals surface area contributed by atoms with Gasteiger partial charge < -0.3 is 10.0 Å². The Labute approximate surface area is 113 Å². The summed E-state index contributed by atoms with van der Waals surface area (Å²) in [6.45, 7) is 9.43. The summed E-state index contributed by atoms with van der Waals surface area (Å²) in [5, 5.41) is 8.92. The fourth-order valence-corrected chi connectivity index (χ4v) is 2.01. The maximum atomic E-state index is 10.8. The molecule has 0 atom stereocenters. The van der Waals surface area contributed by atoms with Crippen molar-refractivity contribution in [3.63, 3.8) is 0 Å². The summed E-state index contributed by atoms with van der Waals surface area (Å²) in [5.41, 5.74) is 1.02. The van der Waals surface area contributed by atoms with Crippen molar-refractivity contribution in [1.82, 2.24) is 9.97 Å². The number of rotatable bonds is 4. The molecule has 0 saturated carbocycles. The predicted molar refractivity (Wildman–Crippen MR) is 73.5 cm³/mol. The van der Waals surface area contributed by atoms with Gasteiger partial charge >= 0.3 is 5.97 Å². The summed E-state index contributed by atoms with van der Waals surface area (Å²) in [4.78, 5) is 22.0. The number of anilines is 1. The smallest absolute Gasteiger partial charge is 0.310 e. The van der Waals surface area contributed by atoms with Crippen molar-refractivity contribution >= 4 is 11.8 Å². The van der Waals surface area contributed by atoms with Crippen LogP contribution in [0, 0.1) is 5.92 Å². The van der Waals surface area contributed by atoms with Gasteiger partial charge in [0.1, 0.15) is 11.6 Å². The van der Waals surface area contributed by atoms with Gasteiger partial charge in [-0.15, -0.1) is 0 Å². The molecule has 1 fully saturated rings. The molecule has 0 radical (unpaired) electrons. The number of carboxylic acids is 1. The van der Waals surface area contributed by atoms with E-state index >= 15 is 0 Å². The van der Waals surface area contributed by atoms with Crippen LogP contribution < -0.4 is 4.90 Å². The lowest BCUT2D eigenvalue weighted by Crippen LogP contribution is -2.51. The Morgan fingerprint density at radius 2 is 1.89 bits per heavy atom. The molecule has 104 valence electrons. The van der Waals surface area contributed by atoms with E-state index in [1.165, 1.54) is 0 Å². The van der Waals surface area contributed by atoms with Crippen LogP contribution in [0.15, 0.2) is 6.07 Å². The number of nitrogens with zero attached hydrogens (tertiary/aromatic N) is 3. The van der Waals surface area contributed by atoms with Gasteiger partial charge in [0, 0.05) is 30.8 Å². The average molecular weight is 263 g/mol. The van der Waals surface area contributed by atoms with Crippen LogP contribution in [0.4, 0.5) is 5.82 Å². The van der Waals surface area contributed by atoms with Crippen LogP contribution in [0.25, 0.3) is 0 Å². The Morgan fingerprint density at radius 1 is 1.26 bits per heavy atom. The molecule has 0 aromatic carbocycles. The van der Waals surface area contributed by atoms with Crippen LogP contribution in [0.2, 0.25) is 0 Å². The number of aromatic nitrogens is 2. The van der Waals surface area contributed by atoms with Crippen molar-refractivity contribution in [3.8, 4) is 0 Å². The fourth-order valence-electron chi connectivity index (χ4n) is 2.01. The standard InChI is InChI=1S/C14H21N3O2/c1-8(2)11-5-12(16-13(15-11)9(3)4)17-6-10(7-17)14(18)19/h5,8-10H,6-7H2,1-4H3,(H,18,19). The average Bonchev–Trinajstić information content (AvgIpc) is 2.25. The Hall–Kier alpha value is -1.65. The highest BCUT2D eigenvalue weighted by Crippen LogP contribution is 2.27. The van der Waals surface area contributed by atoms with E-state index in [-0.39, 0.29) is 11.8 Å². The van der Waals surface area contributed by atoms with E-state index in [2.05, 4.69) is 37.7 Å². The summed E-state index contributed by atoms with van der Waals surface area (Å²) >= 11 is 0. The quantitative estimate of drug-likeness (QED) is 0.902. The van der Waals surface area contributed by atoms with Crippen molar-refractivity contribution in [2.45, 2.75) is 39.5 Å². The maximum Gasteiger partial charge on any atom is 0.310 e. The van der Waals surface area contributed by atoms with Crippen molar-refractivity contribution < 1.29 is 9.90 Å². The monoisotopic (exact) mass is 263 g/mol. The molecule has 5 heteroatoms. The van der Waals surface area contributed by atoms with Gasteiger partial charge in [-0.05, 0) is 5.92 Å². The highest BCUT2D eigenvalue weighted by atomic mass is 16.4. The summed E-state index contributed by atoms with van der Waals surface area (Å²) < 4.78 is 0. The first-order valence-electron chi connectivity index (χ1n) is 6.75. The van der Waals surface area contributed by atoms with E-state index in [0.29, 0.717) is 19.0 Å². The highest BCUT2D eigenvalue weighted by Gasteiger charge is 2.33. The highest BCUT2D eigenvalue weighted by molar-refractivity contribution is 5.74. The van der Waals surface area contributed by atoms with Crippen LogP contribution >= 0.6 is 0 Å². The first-order chi connectivity index (χ1) is 8.88. The molecule has 5 nitrogen and oxygen atoms in total. The summed E-state index contributed by atoms with van der Waals surface area (Å²) in [6, 6.07) is 1.98.